The second-order valence-electron chi connectivity index (χ2n) is 4.44. The highest BCUT2D eigenvalue weighted by atomic mass is 16.5. The second-order valence-corrected chi connectivity index (χ2v) is 4.44. The lowest BCUT2D eigenvalue weighted by Crippen LogP contribution is -2.15. The van der Waals surface area contributed by atoms with Crippen molar-refractivity contribution in [1.29, 1.82) is 0 Å². The molecule has 0 spiro atoms. The van der Waals surface area contributed by atoms with E-state index in [1.54, 1.807) is 6.20 Å². The number of nitrogens with two attached hydrogens (primary N) is 1. The molecule has 84 valence electrons. The average molecular weight is 208 g/mol. The number of nitrogen functional groups attached to an aromatic ring is 1. The maximum atomic E-state index is 5.69. The van der Waals surface area contributed by atoms with Crippen LogP contribution in [0.3, 0.4) is 0 Å². The van der Waals surface area contributed by atoms with Gasteiger partial charge in [0.05, 0.1) is 18.0 Å². The van der Waals surface area contributed by atoms with Gasteiger partial charge in [0, 0.05) is 6.07 Å². The molecule has 0 saturated carbocycles. The summed E-state index contributed by atoms with van der Waals surface area (Å²) in [7, 11) is 0. The van der Waals surface area contributed by atoms with Gasteiger partial charge >= 0.3 is 0 Å². The number of anilines is 1. The van der Waals surface area contributed by atoms with Crippen molar-refractivity contribution in [3.8, 4) is 5.88 Å². The summed E-state index contributed by atoms with van der Waals surface area (Å²) in [6.45, 7) is 8.38. The molecule has 0 aliphatic rings. The Balaban J connectivity index is 2.60. The summed E-state index contributed by atoms with van der Waals surface area (Å²) >= 11 is 0. The Morgan fingerprint density at radius 2 is 2.07 bits per heavy atom. The van der Waals surface area contributed by atoms with Gasteiger partial charge in [0.2, 0.25) is 5.88 Å². The third-order valence-corrected chi connectivity index (χ3v) is 2.25. The van der Waals surface area contributed by atoms with E-state index in [0.717, 1.165) is 12.0 Å². The van der Waals surface area contributed by atoms with Crippen LogP contribution >= 0.6 is 0 Å². The first-order chi connectivity index (χ1) is 6.99. The number of ether oxygens (including phenoxy) is 1. The summed E-state index contributed by atoms with van der Waals surface area (Å²) in [6.07, 6.45) is 2.87. The van der Waals surface area contributed by atoms with E-state index in [-0.39, 0.29) is 6.10 Å². The summed E-state index contributed by atoms with van der Waals surface area (Å²) in [5.74, 6) is 1.30. The molecule has 0 radical (unpaired) electrons. The summed E-state index contributed by atoms with van der Waals surface area (Å²) in [6, 6.07) is 1.88. The Labute approximate surface area is 91.7 Å². The van der Waals surface area contributed by atoms with Gasteiger partial charge in [-0.05, 0) is 31.7 Å². The number of aromatic nitrogens is 1. The number of rotatable bonds is 4. The van der Waals surface area contributed by atoms with Crippen molar-refractivity contribution in [1.82, 2.24) is 4.98 Å². The zero-order valence-corrected chi connectivity index (χ0v) is 9.95. The van der Waals surface area contributed by atoms with Crippen LogP contribution < -0.4 is 10.5 Å². The van der Waals surface area contributed by atoms with Gasteiger partial charge < -0.3 is 10.5 Å². The SMILES string of the molecule is Cc1cc(OC(C)CC(C)C)ncc1N. The summed E-state index contributed by atoms with van der Waals surface area (Å²) < 4.78 is 5.69. The molecule has 1 unspecified atom stereocenters. The largest absolute Gasteiger partial charge is 0.475 e. The third kappa shape index (κ3) is 3.78. The summed E-state index contributed by atoms with van der Waals surface area (Å²) in [4.78, 5) is 4.14. The smallest absolute Gasteiger partial charge is 0.213 e. The Kier molecular flexibility index (Phi) is 3.95. The van der Waals surface area contributed by atoms with Crippen LogP contribution in [0.25, 0.3) is 0 Å². The lowest BCUT2D eigenvalue weighted by molar-refractivity contribution is 0.185. The molecule has 1 aromatic rings. The van der Waals surface area contributed by atoms with E-state index in [2.05, 4.69) is 25.8 Å². The summed E-state index contributed by atoms with van der Waals surface area (Å²) in [5.41, 5.74) is 7.40. The number of aryl methyl sites for hydroxylation is 1. The van der Waals surface area contributed by atoms with E-state index in [1.165, 1.54) is 0 Å². The fourth-order valence-corrected chi connectivity index (χ4v) is 1.52. The number of pyridine rings is 1. The van der Waals surface area contributed by atoms with Crippen molar-refractivity contribution in [3.63, 3.8) is 0 Å². The van der Waals surface area contributed by atoms with E-state index in [4.69, 9.17) is 10.5 Å². The van der Waals surface area contributed by atoms with Crippen molar-refractivity contribution in [3.05, 3.63) is 17.8 Å². The van der Waals surface area contributed by atoms with E-state index >= 15 is 0 Å². The molecular weight excluding hydrogens is 188 g/mol. The standard InChI is InChI=1S/C12H20N2O/c1-8(2)5-10(4)15-12-6-9(3)11(13)7-14-12/h6-8,10H,5,13H2,1-4H3. The molecule has 0 amide bonds. The maximum Gasteiger partial charge on any atom is 0.213 e. The van der Waals surface area contributed by atoms with Gasteiger partial charge in [0.15, 0.2) is 0 Å². The minimum Gasteiger partial charge on any atom is -0.475 e. The normalized spacial score (nSPS) is 12.9. The van der Waals surface area contributed by atoms with Gasteiger partial charge in [-0.3, -0.25) is 0 Å². The minimum atomic E-state index is 0.195. The first-order valence-corrected chi connectivity index (χ1v) is 5.37. The van der Waals surface area contributed by atoms with Crippen LogP contribution in [-0.4, -0.2) is 11.1 Å². The molecule has 15 heavy (non-hydrogen) atoms. The molecule has 0 bridgehead atoms. The van der Waals surface area contributed by atoms with Crippen molar-refractivity contribution >= 4 is 5.69 Å². The topological polar surface area (TPSA) is 48.1 Å². The molecule has 1 rings (SSSR count). The lowest BCUT2D eigenvalue weighted by atomic mass is 10.1. The van der Waals surface area contributed by atoms with Crippen molar-refractivity contribution in [2.24, 2.45) is 5.92 Å². The predicted octanol–water partition coefficient (Wildman–Crippen LogP) is 2.79. The van der Waals surface area contributed by atoms with Gasteiger partial charge in [-0.2, -0.15) is 0 Å². The zero-order valence-electron chi connectivity index (χ0n) is 9.95. The molecule has 3 nitrogen and oxygen atoms in total. The van der Waals surface area contributed by atoms with Crippen LogP contribution in [0, 0.1) is 12.8 Å². The Hall–Kier alpha value is -1.25. The molecule has 0 aromatic carbocycles. The number of hydrogen-bond acceptors (Lipinski definition) is 3. The van der Waals surface area contributed by atoms with E-state index in [9.17, 15) is 0 Å². The zero-order chi connectivity index (χ0) is 11.4. The Morgan fingerprint density at radius 3 is 2.60 bits per heavy atom. The Bertz CT molecular complexity index is 323. The molecular formula is C12H20N2O. The fraction of sp³-hybridized carbons (Fsp3) is 0.583. The van der Waals surface area contributed by atoms with Crippen molar-refractivity contribution in [2.75, 3.05) is 5.73 Å². The van der Waals surface area contributed by atoms with Gasteiger partial charge in [-0.15, -0.1) is 0 Å². The highest BCUT2D eigenvalue weighted by Gasteiger charge is 2.08. The van der Waals surface area contributed by atoms with Gasteiger partial charge in [-0.25, -0.2) is 4.98 Å². The first kappa shape index (κ1) is 11.8. The monoisotopic (exact) mass is 208 g/mol. The number of hydrogen-bond donors (Lipinski definition) is 1. The van der Waals surface area contributed by atoms with Crippen molar-refractivity contribution < 1.29 is 4.74 Å². The van der Waals surface area contributed by atoms with Crippen molar-refractivity contribution in [2.45, 2.75) is 40.2 Å². The quantitative estimate of drug-likeness (QED) is 0.827. The molecule has 2 N–H and O–H groups in total. The highest BCUT2D eigenvalue weighted by molar-refractivity contribution is 5.45. The molecule has 3 heteroatoms. The number of nitrogens with zero attached hydrogens (tertiary/aromatic N) is 1. The first-order valence-electron chi connectivity index (χ1n) is 5.37. The van der Waals surface area contributed by atoms with E-state index in [1.807, 2.05) is 13.0 Å². The van der Waals surface area contributed by atoms with E-state index < -0.39 is 0 Å². The Morgan fingerprint density at radius 1 is 1.40 bits per heavy atom. The van der Waals surface area contributed by atoms with Gasteiger partial charge in [0.25, 0.3) is 0 Å². The van der Waals surface area contributed by atoms with Crippen LogP contribution in [0.15, 0.2) is 12.3 Å². The maximum absolute atomic E-state index is 5.69. The van der Waals surface area contributed by atoms with Gasteiger partial charge in [0.1, 0.15) is 0 Å². The molecule has 0 saturated heterocycles. The third-order valence-electron chi connectivity index (χ3n) is 2.25. The van der Waals surface area contributed by atoms with E-state index in [0.29, 0.717) is 17.5 Å². The highest BCUT2D eigenvalue weighted by Crippen LogP contribution is 2.17. The molecule has 0 aliphatic carbocycles. The van der Waals surface area contributed by atoms with Crippen LogP contribution in [-0.2, 0) is 0 Å². The van der Waals surface area contributed by atoms with Crippen LogP contribution in [0.4, 0.5) is 5.69 Å². The molecule has 0 aliphatic heterocycles. The minimum absolute atomic E-state index is 0.195. The molecule has 1 aromatic heterocycles. The lowest BCUT2D eigenvalue weighted by Gasteiger charge is -2.16. The molecule has 0 fully saturated rings. The van der Waals surface area contributed by atoms with Crippen LogP contribution in [0.1, 0.15) is 32.8 Å². The van der Waals surface area contributed by atoms with Gasteiger partial charge in [-0.1, -0.05) is 13.8 Å². The van der Waals surface area contributed by atoms with Crippen LogP contribution in [0.5, 0.6) is 5.88 Å². The molecule has 1 heterocycles. The van der Waals surface area contributed by atoms with Crippen LogP contribution in [0.2, 0.25) is 0 Å². The fourth-order valence-electron chi connectivity index (χ4n) is 1.52. The average Bonchev–Trinajstić information content (AvgIpc) is 2.10. The summed E-state index contributed by atoms with van der Waals surface area (Å²) in [5, 5.41) is 0. The second kappa shape index (κ2) is 5.01. The molecule has 1 atom stereocenters. The predicted molar refractivity (Wildman–Crippen MR) is 62.9 cm³/mol.